The van der Waals surface area contributed by atoms with Crippen LogP contribution >= 0.6 is 24.0 Å². The number of alkyl halides is 4. The summed E-state index contributed by atoms with van der Waals surface area (Å²) in [4.78, 5) is -0.664. The van der Waals surface area contributed by atoms with Gasteiger partial charge in [0.05, 0.1) is 23.2 Å². The maximum Gasteiger partial charge on any atom is 0.522 e. The number of benzene rings is 1. The van der Waals surface area contributed by atoms with Crippen LogP contribution in [0.1, 0.15) is 42.6 Å². The molecule has 10 heteroatoms. The molecule has 2 aliphatic rings. The van der Waals surface area contributed by atoms with Gasteiger partial charge in [0.2, 0.25) is 0 Å². The lowest BCUT2D eigenvalue weighted by Gasteiger charge is -2.36. The summed E-state index contributed by atoms with van der Waals surface area (Å²) < 4.78 is 43.3. The zero-order valence-corrected chi connectivity index (χ0v) is 15.9. The maximum atomic E-state index is 12.4. The fourth-order valence-electron chi connectivity index (χ4n) is 3.77. The Bertz CT molecular complexity index is 804. The Labute approximate surface area is 165 Å². The summed E-state index contributed by atoms with van der Waals surface area (Å²) in [5.41, 5.74) is 2.99. The lowest BCUT2D eigenvalue weighted by atomic mass is 9.81. The molecule has 0 atom stereocenters. The first-order valence-electron chi connectivity index (χ1n) is 8.51. The molecule has 1 aliphatic carbocycles. The SMILES string of the molecule is Cl.FC(F)(F)OC1CCC(Cl)(c2ccc3c(c2)CNCc2nncn2-3)CC1. The number of hydrogen-bond acceptors (Lipinski definition) is 4. The zero-order valence-electron chi connectivity index (χ0n) is 14.3. The molecule has 2 heterocycles. The van der Waals surface area contributed by atoms with Gasteiger partial charge in [0, 0.05) is 6.54 Å². The van der Waals surface area contributed by atoms with Crippen LogP contribution in [0.2, 0.25) is 0 Å². The molecule has 0 amide bonds. The van der Waals surface area contributed by atoms with Crippen LogP contribution in [0.15, 0.2) is 24.5 Å². The van der Waals surface area contributed by atoms with Crippen molar-refractivity contribution in [1.82, 2.24) is 20.1 Å². The second-order valence-electron chi connectivity index (χ2n) is 6.79. The van der Waals surface area contributed by atoms with Gasteiger partial charge in [0.15, 0.2) is 5.82 Å². The van der Waals surface area contributed by atoms with Crippen molar-refractivity contribution >= 4 is 24.0 Å². The molecule has 1 aliphatic heterocycles. The summed E-state index contributed by atoms with van der Waals surface area (Å²) in [5.74, 6) is 0.835. The third-order valence-corrected chi connectivity index (χ3v) is 5.69. The molecule has 0 spiro atoms. The van der Waals surface area contributed by atoms with Gasteiger partial charge >= 0.3 is 6.36 Å². The lowest BCUT2D eigenvalue weighted by Crippen LogP contribution is -2.33. The average Bonchev–Trinajstić information content (AvgIpc) is 2.97. The van der Waals surface area contributed by atoms with Crippen LogP contribution in [0.3, 0.4) is 0 Å². The van der Waals surface area contributed by atoms with Crippen LogP contribution in [0.5, 0.6) is 0 Å². The number of hydrogen-bond donors (Lipinski definition) is 1. The Kier molecular flexibility index (Phi) is 5.72. The number of halogens is 5. The Morgan fingerprint density at radius 2 is 1.96 bits per heavy atom. The molecular weight excluding hydrogens is 404 g/mol. The van der Waals surface area contributed by atoms with Gasteiger partial charge in [0.1, 0.15) is 6.33 Å². The minimum absolute atomic E-state index is 0. The number of rotatable bonds is 2. The standard InChI is InChI=1S/C17H18ClF3N4O.ClH/c18-16(5-3-13(4-6-16)26-17(19,20)21)12-1-2-14-11(7-12)8-22-9-15-24-23-10-25(14)15;/h1-2,7,10,13,22H,3-6,8-9H2;1H. The van der Waals surface area contributed by atoms with E-state index in [1.165, 1.54) is 0 Å². The molecule has 1 aromatic heterocycles. The van der Waals surface area contributed by atoms with Crippen LogP contribution in [-0.2, 0) is 22.7 Å². The molecule has 1 saturated carbocycles. The van der Waals surface area contributed by atoms with E-state index in [2.05, 4.69) is 20.3 Å². The van der Waals surface area contributed by atoms with Gasteiger partial charge in [-0.15, -0.1) is 47.4 Å². The minimum atomic E-state index is -4.59. The van der Waals surface area contributed by atoms with Crippen molar-refractivity contribution in [2.24, 2.45) is 0 Å². The van der Waals surface area contributed by atoms with Crippen LogP contribution < -0.4 is 5.32 Å². The first-order chi connectivity index (χ1) is 12.3. The van der Waals surface area contributed by atoms with Crippen molar-refractivity contribution in [3.8, 4) is 5.69 Å². The van der Waals surface area contributed by atoms with E-state index in [0.29, 0.717) is 25.9 Å². The van der Waals surface area contributed by atoms with E-state index in [-0.39, 0.29) is 25.2 Å². The summed E-state index contributed by atoms with van der Waals surface area (Å²) in [7, 11) is 0. The van der Waals surface area contributed by atoms with Crippen molar-refractivity contribution in [2.75, 3.05) is 0 Å². The predicted molar refractivity (Wildman–Crippen MR) is 96.1 cm³/mol. The van der Waals surface area contributed by atoms with Gasteiger partial charge in [-0.1, -0.05) is 12.1 Å². The quantitative estimate of drug-likeness (QED) is 0.736. The van der Waals surface area contributed by atoms with E-state index in [0.717, 1.165) is 22.6 Å². The first kappa shape index (κ1) is 20.4. The summed E-state index contributed by atoms with van der Waals surface area (Å²) in [6, 6.07) is 5.97. The Morgan fingerprint density at radius 1 is 1.22 bits per heavy atom. The monoisotopic (exact) mass is 422 g/mol. The molecule has 0 radical (unpaired) electrons. The molecule has 0 unspecified atom stereocenters. The van der Waals surface area contributed by atoms with Crippen molar-refractivity contribution in [1.29, 1.82) is 0 Å². The molecule has 1 fully saturated rings. The van der Waals surface area contributed by atoms with E-state index in [9.17, 15) is 13.2 Å². The van der Waals surface area contributed by atoms with E-state index in [1.54, 1.807) is 6.33 Å². The predicted octanol–water partition coefficient (Wildman–Crippen LogP) is 4.21. The second kappa shape index (κ2) is 7.58. The molecule has 27 heavy (non-hydrogen) atoms. The fraction of sp³-hybridized carbons (Fsp3) is 0.529. The van der Waals surface area contributed by atoms with E-state index in [4.69, 9.17) is 11.6 Å². The third kappa shape index (κ3) is 4.23. The maximum absolute atomic E-state index is 12.4. The number of fused-ring (bicyclic) bond motifs is 3. The summed E-state index contributed by atoms with van der Waals surface area (Å²) in [5, 5.41) is 11.4. The van der Waals surface area contributed by atoms with Crippen LogP contribution in [0.25, 0.3) is 5.69 Å². The molecule has 0 bridgehead atoms. The highest BCUT2D eigenvalue weighted by Gasteiger charge is 2.40. The van der Waals surface area contributed by atoms with Crippen molar-refractivity contribution < 1.29 is 17.9 Å². The van der Waals surface area contributed by atoms with Crippen molar-refractivity contribution in [2.45, 2.75) is 56.1 Å². The molecular formula is C17H19Cl2F3N4O. The van der Waals surface area contributed by atoms with Crippen LogP contribution in [0.4, 0.5) is 13.2 Å². The number of ether oxygens (including phenoxy) is 1. The van der Waals surface area contributed by atoms with Gasteiger partial charge in [-0.2, -0.15) is 0 Å². The van der Waals surface area contributed by atoms with Crippen molar-refractivity contribution in [3.05, 3.63) is 41.5 Å². The Hall–Kier alpha value is -1.35. The van der Waals surface area contributed by atoms with Gasteiger partial charge < -0.3 is 5.32 Å². The first-order valence-corrected chi connectivity index (χ1v) is 8.89. The largest absolute Gasteiger partial charge is 0.522 e. The normalized spacial score (nSPS) is 25.1. The van der Waals surface area contributed by atoms with Crippen LogP contribution in [-0.4, -0.2) is 27.2 Å². The average molecular weight is 423 g/mol. The zero-order chi connectivity index (χ0) is 18.4. The molecule has 4 rings (SSSR count). The molecule has 1 N–H and O–H groups in total. The topological polar surface area (TPSA) is 52.0 Å². The fourth-order valence-corrected chi connectivity index (χ4v) is 4.11. The van der Waals surface area contributed by atoms with Crippen molar-refractivity contribution in [3.63, 3.8) is 0 Å². The van der Waals surface area contributed by atoms with Gasteiger partial charge in [-0.3, -0.25) is 9.30 Å². The highest BCUT2D eigenvalue weighted by atomic mass is 35.5. The lowest BCUT2D eigenvalue weighted by molar-refractivity contribution is -0.345. The highest BCUT2D eigenvalue weighted by Crippen LogP contribution is 2.45. The minimum Gasteiger partial charge on any atom is -0.306 e. The Morgan fingerprint density at radius 3 is 2.67 bits per heavy atom. The molecule has 0 saturated heterocycles. The summed E-state index contributed by atoms with van der Waals surface area (Å²) in [6.45, 7) is 1.28. The highest BCUT2D eigenvalue weighted by molar-refractivity contribution is 6.24. The van der Waals surface area contributed by atoms with Gasteiger partial charge in [-0.05, 0) is 42.9 Å². The second-order valence-corrected chi connectivity index (χ2v) is 7.52. The summed E-state index contributed by atoms with van der Waals surface area (Å²) in [6.07, 6.45) is -2.27. The molecule has 5 nitrogen and oxygen atoms in total. The van der Waals surface area contributed by atoms with Gasteiger partial charge in [-0.25, -0.2) is 0 Å². The smallest absolute Gasteiger partial charge is 0.306 e. The van der Waals surface area contributed by atoms with Gasteiger partial charge in [0.25, 0.3) is 0 Å². The van der Waals surface area contributed by atoms with Crippen LogP contribution in [0, 0.1) is 0 Å². The number of nitrogens with one attached hydrogen (secondary N) is 1. The molecule has 1 aromatic carbocycles. The van der Waals surface area contributed by atoms with E-state index < -0.39 is 17.3 Å². The Balaban J connectivity index is 0.00000210. The molecule has 148 valence electrons. The van der Waals surface area contributed by atoms with E-state index in [1.807, 2.05) is 22.8 Å². The number of aromatic nitrogens is 3. The number of nitrogens with zero attached hydrogens (tertiary/aromatic N) is 3. The molecule has 2 aromatic rings. The van der Waals surface area contributed by atoms with E-state index >= 15 is 0 Å². The third-order valence-electron chi connectivity index (χ3n) is 5.10. The summed E-state index contributed by atoms with van der Waals surface area (Å²) >= 11 is 6.81.